The number of rotatable bonds is 15. The van der Waals surface area contributed by atoms with Crippen LogP contribution in [0.1, 0.15) is 77.6 Å². The van der Waals surface area contributed by atoms with E-state index in [1.54, 1.807) is 21.3 Å². The van der Waals surface area contributed by atoms with Gasteiger partial charge in [0, 0.05) is 21.3 Å². The Morgan fingerprint density at radius 3 is 1.52 bits per heavy atom. The van der Waals surface area contributed by atoms with Gasteiger partial charge in [-0.1, -0.05) is 70.8 Å². The van der Waals surface area contributed by atoms with E-state index in [0.29, 0.717) is 0 Å². The molecule has 0 heterocycles. The van der Waals surface area contributed by atoms with Crippen LogP contribution in [0, 0.1) is 0 Å². The first-order valence-electron chi connectivity index (χ1n) is 8.57. The fourth-order valence-electron chi connectivity index (χ4n) is 2.43. The van der Waals surface area contributed by atoms with E-state index >= 15 is 0 Å². The normalized spacial score (nSPS) is 12.4. The van der Waals surface area contributed by atoms with Crippen LogP contribution >= 0.6 is 0 Å². The van der Waals surface area contributed by atoms with Gasteiger partial charge in [0.2, 0.25) is 0 Å². The van der Waals surface area contributed by atoms with Gasteiger partial charge in [-0.25, -0.2) is 0 Å². The van der Waals surface area contributed by atoms with Crippen molar-refractivity contribution < 1.29 is 13.3 Å². The van der Waals surface area contributed by atoms with Crippen molar-refractivity contribution in [2.75, 3.05) is 21.3 Å². The highest BCUT2D eigenvalue weighted by Gasteiger charge is 2.33. The second-order valence-corrected chi connectivity index (χ2v) is 8.35. The Kier molecular flexibility index (Phi) is 14.6. The molecule has 0 aromatic carbocycles. The molecule has 126 valence electrons. The molecule has 0 aliphatic rings. The molecule has 0 aliphatic heterocycles. The summed E-state index contributed by atoms with van der Waals surface area (Å²) in [6.07, 6.45) is 17.0. The van der Waals surface area contributed by atoms with Crippen LogP contribution in [-0.2, 0) is 13.3 Å². The monoisotopic (exact) mass is 316 g/mol. The fourth-order valence-corrected chi connectivity index (χ4v) is 3.80. The van der Waals surface area contributed by atoms with E-state index in [0.717, 1.165) is 6.42 Å². The van der Waals surface area contributed by atoms with Gasteiger partial charge in [0.15, 0.2) is 0 Å². The molecule has 0 aliphatic carbocycles. The van der Waals surface area contributed by atoms with Crippen LogP contribution < -0.4 is 0 Å². The highest BCUT2D eigenvalue weighted by molar-refractivity contribution is 6.66. The van der Waals surface area contributed by atoms with Crippen molar-refractivity contribution in [2.24, 2.45) is 0 Å². The molecule has 0 aromatic heterocycles. The first-order chi connectivity index (χ1) is 10.2. The molecule has 4 heteroatoms. The van der Waals surface area contributed by atoms with Crippen molar-refractivity contribution in [1.82, 2.24) is 0 Å². The van der Waals surface area contributed by atoms with Crippen LogP contribution in [0.25, 0.3) is 0 Å². The predicted molar refractivity (Wildman–Crippen MR) is 92.4 cm³/mol. The van der Waals surface area contributed by atoms with Crippen molar-refractivity contribution >= 4 is 8.80 Å². The number of hydrogen-bond donors (Lipinski definition) is 0. The van der Waals surface area contributed by atoms with Gasteiger partial charge in [0.05, 0.1) is 0 Å². The summed E-state index contributed by atoms with van der Waals surface area (Å²) in [6, 6.07) is 0. The molecule has 0 saturated carbocycles. The molecule has 0 aromatic rings. The zero-order valence-corrected chi connectivity index (χ0v) is 15.7. The van der Waals surface area contributed by atoms with E-state index in [4.69, 9.17) is 13.3 Å². The third-order valence-electron chi connectivity index (χ3n) is 3.90. The predicted octanol–water partition coefficient (Wildman–Crippen LogP) is 5.27. The van der Waals surface area contributed by atoms with Crippen molar-refractivity contribution in [2.45, 2.75) is 77.6 Å². The largest absolute Gasteiger partial charge is 0.528 e. The summed E-state index contributed by atoms with van der Waals surface area (Å²) in [4.78, 5) is 0. The number of allylic oxidation sites excluding steroid dienone is 1. The molecule has 0 atom stereocenters. The maximum atomic E-state index is 5.34. The highest BCUT2D eigenvalue weighted by atomic mass is 28.4. The first kappa shape index (κ1) is 20.8. The summed E-state index contributed by atoms with van der Waals surface area (Å²) < 4.78 is 16.0. The molecule has 0 spiro atoms. The summed E-state index contributed by atoms with van der Waals surface area (Å²) in [6.45, 7) is 2.27. The lowest BCUT2D eigenvalue weighted by Gasteiger charge is -2.20. The van der Waals surface area contributed by atoms with Gasteiger partial charge in [-0.05, 0) is 18.5 Å². The maximum absolute atomic E-state index is 5.34. The second kappa shape index (κ2) is 14.8. The lowest BCUT2D eigenvalue weighted by atomic mass is 10.1. The third-order valence-corrected chi connectivity index (χ3v) is 6.25. The molecular formula is C17H36O3Si. The van der Waals surface area contributed by atoms with Gasteiger partial charge in [-0.2, -0.15) is 0 Å². The van der Waals surface area contributed by atoms with Gasteiger partial charge in [0.25, 0.3) is 0 Å². The van der Waals surface area contributed by atoms with Crippen molar-refractivity contribution in [3.8, 4) is 0 Å². The molecule has 0 radical (unpaired) electrons. The Morgan fingerprint density at radius 2 is 1.10 bits per heavy atom. The van der Waals surface area contributed by atoms with E-state index in [-0.39, 0.29) is 0 Å². The van der Waals surface area contributed by atoms with Crippen molar-refractivity contribution in [3.05, 3.63) is 11.8 Å². The molecule has 0 unspecified atom stereocenters. The minimum atomic E-state index is -2.50. The molecular weight excluding hydrogens is 280 g/mol. The smallest absolute Gasteiger partial charge is 0.374 e. The Labute approximate surface area is 133 Å². The first-order valence-corrected chi connectivity index (χ1v) is 10.4. The van der Waals surface area contributed by atoms with E-state index < -0.39 is 8.80 Å². The van der Waals surface area contributed by atoms with Crippen molar-refractivity contribution in [1.29, 1.82) is 0 Å². The van der Waals surface area contributed by atoms with E-state index in [1.807, 2.05) is 5.70 Å². The Balaban J connectivity index is 3.43. The van der Waals surface area contributed by atoms with Crippen LogP contribution in [0.3, 0.4) is 0 Å². The summed E-state index contributed by atoms with van der Waals surface area (Å²) in [5.74, 6) is 0. The molecule has 0 amide bonds. The number of unbranched alkanes of at least 4 members (excludes halogenated alkanes) is 10. The molecule has 0 saturated heterocycles. The fraction of sp³-hybridized carbons (Fsp3) is 0.882. The molecule has 0 N–H and O–H groups in total. The minimum Gasteiger partial charge on any atom is -0.374 e. The molecule has 21 heavy (non-hydrogen) atoms. The average Bonchev–Trinajstić information content (AvgIpc) is 2.53. The topological polar surface area (TPSA) is 27.7 Å². The van der Waals surface area contributed by atoms with E-state index in [2.05, 4.69) is 13.0 Å². The van der Waals surface area contributed by atoms with Crippen LogP contribution in [0.2, 0.25) is 0 Å². The number of hydrogen-bond acceptors (Lipinski definition) is 3. The van der Waals surface area contributed by atoms with Crippen molar-refractivity contribution in [3.63, 3.8) is 0 Å². The quantitative estimate of drug-likeness (QED) is 0.304. The summed E-state index contributed by atoms with van der Waals surface area (Å²) in [5.41, 5.74) is 1.99. The minimum absolute atomic E-state index is 1.08. The lowest BCUT2D eigenvalue weighted by Crippen LogP contribution is -2.40. The summed E-state index contributed by atoms with van der Waals surface area (Å²) in [7, 11) is 2.43. The van der Waals surface area contributed by atoms with Gasteiger partial charge in [-0.3, -0.25) is 0 Å². The van der Waals surface area contributed by atoms with Gasteiger partial charge >= 0.3 is 8.80 Å². The van der Waals surface area contributed by atoms with Gasteiger partial charge in [0.1, 0.15) is 0 Å². The molecule has 0 rings (SSSR count). The molecule has 0 bridgehead atoms. The van der Waals surface area contributed by atoms with Crippen LogP contribution in [0.4, 0.5) is 0 Å². The SMILES string of the molecule is CCCCCCCCCCCCC=C[Si](OC)(OC)OC. The average molecular weight is 317 g/mol. The van der Waals surface area contributed by atoms with Gasteiger partial charge in [-0.15, -0.1) is 0 Å². The van der Waals surface area contributed by atoms with Gasteiger partial charge < -0.3 is 13.3 Å². The molecule has 3 nitrogen and oxygen atoms in total. The Bertz CT molecular complexity index is 232. The second-order valence-electron chi connectivity index (χ2n) is 5.59. The maximum Gasteiger partial charge on any atom is 0.528 e. The summed E-state index contributed by atoms with van der Waals surface area (Å²) in [5, 5.41) is 0. The molecule has 0 fully saturated rings. The summed E-state index contributed by atoms with van der Waals surface area (Å²) >= 11 is 0. The van der Waals surface area contributed by atoms with E-state index in [9.17, 15) is 0 Å². The third kappa shape index (κ3) is 11.1. The van der Waals surface area contributed by atoms with E-state index in [1.165, 1.54) is 64.2 Å². The highest BCUT2D eigenvalue weighted by Crippen LogP contribution is 2.12. The lowest BCUT2D eigenvalue weighted by molar-refractivity contribution is 0.138. The Morgan fingerprint density at radius 1 is 0.667 bits per heavy atom. The van der Waals surface area contributed by atoms with Crippen LogP contribution in [-0.4, -0.2) is 30.1 Å². The zero-order chi connectivity index (χ0) is 15.8. The van der Waals surface area contributed by atoms with Crippen LogP contribution in [0.5, 0.6) is 0 Å². The standard InChI is InChI=1S/C17H36O3Si/c1-5-6-7-8-9-10-11-12-13-14-15-16-17-21(18-2,19-3)20-4/h16-17H,5-15H2,1-4H3. The zero-order valence-electron chi connectivity index (χ0n) is 14.7. The van der Waals surface area contributed by atoms with Crippen LogP contribution in [0.15, 0.2) is 11.8 Å². The Hall–Kier alpha value is -0.163.